The number of Topliss-reactive ketones (excluding diaryl/α,β-unsaturated/α-hetero) is 1. The summed E-state index contributed by atoms with van der Waals surface area (Å²) in [4.78, 5) is 24.5. The fourth-order valence-corrected chi connectivity index (χ4v) is 5.52. The lowest BCUT2D eigenvalue weighted by atomic mass is 9.83. The van der Waals surface area contributed by atoms with Gasteiger partial charge in [-0.05, 0) is 92.2 Å². The Balaban J connectivity index is 1.79. The van der Waals surface area contributed by atoms with Crippen LogP contribution in [0.15, 0.2) is 72.8 Å². The van der Waals surface area contributed by atoms with E-state index in [-0.39, 0.29) is 11.6 Å². The molecule has 0 radical (unpaired) electrons. The molecular weight excluding hydrogens is 423 g/mol. The second-order valence-corrected chi connectivity index (χ2v) is 9.04. The number of rotatable bonds is 4. The van der Waals surface area contributed by atoms with Crippen LogP contribution in [-0.4, -0.2) is 12.1 Å². The van der Waals surface area contributed by atoms with Crippen LogP contribution in [-0.2, 0) is 6.42 Å². The van der Waals surface area contributed by atoms with Gasteiger partial charge in [0.05, 0.1) is 0 Å². The third kappa shape index (κ3) is 2.87. The summed E-state index contributed by atoms with van der Waals surface area (Å²) in [6.07, 6.45) is 1.52. The van der Waals surface area contributed by atoms with Crippen molar-refractivity contribution in [2.45, 2.75) is 20.3 Å². The summed E-state index contributed by atoms with van der Waals surface area (Å²) in [5.74, 6) is -0.250. The van der Waals surface area contributed by atoms with E-state index in [1.54, 1.807) is 19.1 Å². The predicted octanol–water partition coefficient (Wildman–Crippen LogP) is 7.79. The zero-order valence-corrected chi connectivity index (χ0v) is 18.9. The molecular formula is C31H21FO2. The summed E-state index contributed by atoms with van der Waals surface area (Å²) in [7, 11) is 0. The van der Waals surface area contributed by atoms with Gasteiger partial charge in [-0.3, -0.25) is 9.59 Å². The normalized spacial score (nSPS) is 11.7. The van der Waals surface area contributed by atoms with Crippen molar-refractivity contribution in [3.8, 4) is 0 Å². The number of aldehydes is 1. The molecule has 0 N–H and O–H groups in total. The van der Waals surface area contributed by atoms with Gasteiger partial charge in [0.1, 0.15) is 5.82 Å². The lowest BCUT2D eigenvalue weighted by Crippen LogP contribution is -2.01. The molecule has 0 heterocycles. The topological polar surface area (TPSA) is 34.1 Å². The molecule has 0 saturated carbocycles. The van der Waals surface area contributed by atoms with Gasteiger partial charge in [0.2, 0.25) is 0 Å². The smallest absolute Gasteiger partial charge is 0.160 e. The van der Waals surface area contributed by atoms with Crippen LogP contribution >= 0.6 is 0 Å². The molecule has 0 amide bonds. The molecule has 34 heavy (non-hydrogen) atoms. The predicted molar refractivity (Wildman–Crippen MR) is 137 cm³/mol. The largest absolute Gasteiger partial charge is 0.298 e. The highest BCUT2D eigenvalue weighted by molar-refractivity contribution is 6.36. The third-order valence-corrected chi connectivity index (χ3v) is 7.04. The molecule has 164 valence electrons. The third-order valence-electron chi connectivity index (χ3n) is 7.04. The van der Waals surface area contributed by atoms with Crippen molar-refractivity contribution in [2.75, 3.05) is 0 Å². The Morgan fingerprint density at radius 1 is 0.735 bits per heavy atom. The van der Waals surface area contributed by atoms with Gasteiger partial charge in [0, 0.05) is 11.1 Å². The van der Waals surface area contributed by atoms with Gasteiger partial charge in [0.15, 0.2) is 12.1 Å². The number of fused-ring (bicyclic) bond motifs is 2. The van der Waals surface area contributed by atoms with Crippen LogP contribution in [0.2, 0.25) is 0 Å². The van der Waals surface area contributed by atoms with Crippen molar-refractivity contribution in [3.63, 3.8) is 0 Å². The lowest BCUT2D eigenvalue weighted by molar-refractivity contribution is 0.101. The maximum absolute atomic E-state index is 13.5. The molecule has 0 bridgehead atoms. The Kier molecular flexibility index (Phi) is 4.50. The molecule has 0 aromatic heterocycles. The minimum Gasteiger partial charge on any atom is -0.298 e. The average Bonchev–Trinajstić information content (AvgIpc) is 2.84. The summed E-state index contributed by atoms with van der Waals surface area (Å²) in [6, 6.07) is 22.8. The zero-order valence-electron chi connectivity index (χ0n) is 18.9. The van der Waals surface area contributed by atoms with Crippen molar-refractivity contribution < 1.29 is 14.0 Å². The van der Waals surface area contributed by atoms with E-state index in [4.69, 9.17) is 0 Å². The minimum atomic E-state index is -0.264. The van der Waals surface area contributed by atoms with Crippen LogP contribution in [0.1, 0.15) is 44.3 Å². The Bertz CT molecular complexity index is 1760. The molecule has 0 fully saturated rings. The Morgan fingerprint density at radius 2 is 1.32 bits per heavy atom. The highest BCUT2D eigenvalue weighted by atomic mass is 19.1. The van der Waals surface area contributed by atoms with E-state index in [0.29, 0.717) is 17.5 Å². The van der Waals surface area contributed by atoms with Gasteiger partial charge < -0.3 is 0 Å². The quantitative estimate of drug-likeness (QED) is 0.120. The molecule has 6 rings (SSSR count). The van der Waals surface area contributed by atoms with E-state index in [2.05, 4.69) is 24.3 Å². The zero-order chi connectivity index (χ0) is 23.6. The van der Waals surface area contributed by atoms with Crippen molar-refractivity contribution >= 4 is 55.2 Å². The fraction of sp³-hybridized carbons (Fsp3) is 0.0968. The number of aryl methyl sites for hydroxylation is 1. The molecule has 0 atom stereocenters. The summed E-state index contributed by atoms with van der Waals surface area (Å²) >= 11 is 0. The number of hydrogen-bond donors (Lipinski definition) is 0. The van der Waals surface area contributed by atoms with Crippen molar-refractivity contribution in [1.82, 2.24) is 0 Å². The fourth-order valence-electron chi connectivity index (χ4n) is 5.52. The van der Waals surface area contributed by atoms with Crippen molar-refractivity contribution in [3.05, 3.63) is 106 Å². The number of halogens is 1. The number of carbonyl (C=O) groups is 2. The molecule has 3 heteroatoms. The van der Waals surface area contributed by atoms with E-state index >= 15 is 0 Å². The first-order valence-electron chi connectivity index (χ1n) is 11.3. The number of benzene rings is 6. The Labute approximate surface area is 196 Å². The molecule has 0 spiro atoms. The number of hydrogen-bond acceptors (Lipinski definition) is 2. The standard InChI is InChI=1S/C31H21FO2/c1-17-3-10-24-27-14-13-23(18(2)34)29-20(15-19-4-8-22(32)9-5-19)6-11-26(31(27)29)25-12-7-21(16-33)28(17)30(24)25/h3-14,16H,15H2,1-2H3. The van der Waals surface area contributed by atoms with Gasteiger partial charge in [-0.1, -0.05) is 60.7 Å². The maximum Gasteiger partial charge on any atom is 0.160 e. The lowest BCUT2D eigenvalue weighted by Gasteiger charge is -2.19. The van der Waals surface area contributed by atoms with Gasteiger partial charge in [0.25, 0.3) is 0 Å². The maximum atomic E-state index is 13.5. The first-order valence-corrected chi connectivity index (χ1v) is 11.3. The van der Waals surface area contributed by atoms with E-state index < -0.39 is 0 Å². The molecule has 6 aromatic carbocycles. The van der Waals surface area contributed by atoms with E-state index in [9.17, 15) is 14.0 Å². The van der Waals surface area contributed by atoms with Crippen molar-refractivity contribution in [2.24, 2.45) is 0 Å². The number of carbonyl (C=O) groups excluding carboxylic acids is 2. The van der Waals surface area contributed by atoms with E-state index in [1.165, 1.54) is 12.1 Å². The highest BCUT2D eigenvalue weighted by Gasteiger charge is 2.20. The summed E-state index contributed by atoms with van der Waals surface area (Å²) < 4.78 is 13.5. The van der Waals surface area contributed by atoms with Gasteiger partial charge in [-0.2, -0.15) is 0 Å². The summed E-state index contributed by atoms with van der Waals surface area (Å²) in [5, 5.41) is 8.36. The van der Waals surface area contributed by atoms with Crippen LogP contribution < -0.4 is 0 Å². The average molecular weight is 445 g/mol. The number of ketones is 1. The second kappa shape index (κ2) is 7.46. The summed E-state index contributed by atoms with van der Waals surface area (Å²) in [6.45, 7) is 3.63. The summed E-state index contributed by atoms with van der Waals surface area (Å²) in [5.41, 5.74) is 4.46. The van der Waals surface area contributed by atoms with Crippen LogP contribution in [0.4, 0.5) is 4.39 Å². The molecule has 2 nitrogen and oxygen atoms in total. The minimum absolute atomic E-state index is 0.0141. The first-order chi connectivity index (χ1) is 16.5. The van der Waals surface area contributed by atoms with Gasteiger partial charge in [-0.25, -0.2) is 4.39 Å². The molecule has 0 aliphatic heterocycles. The van der Waals surface area contributed by atoms with Crippen LogP contribution in [0.3, 0.4) is 0 Å². The van der Waals surface area contributed by atoms with Gasteiger partial charge >= 0.3 is 0 Å². The first kappa shape index (κ1) is 20.5. The molecule has 0 aliphatic rings. The highest BCUT2D eigenvalue weighted by Crippen LogP contribution is 2.44. The Morgan fingerprint density at radius 3 is 1.97 bits per heavy atom. The van der Waals surface area contributed by atoms with Gasteiger partial charge in [-0.15, -0.1) is 0 Å². The molecule has 0 aliphatic carbocycles. The molecule has 0 unspecified atom stereocenters. The van der Waals surface area contributed by atoms with Crippen molar-refractivity contribution in [1.29, 1.82) is 0 Å². The van der Waals surface area contributed by atoms with Crippen LogP contribution in [0.5, 0.6) is 0 Å². The molecule has 0 saturated heterocycles. The van der Waals surface area contributed by atoms with Crippen LogP contribution in [0, 0.1) is 12.7 Å². The Hall–Kier alpha value is -4.11. The monoisotopic (exact) mass is 444 g/mol. The molecule has 6 aromatic rings. The SMILES string of the molecule is CC(=O)c1ccc2c3ccc(C)c4c(C=O)ccc(c5ccc(Cc6ccc(F)cc6)c1c52)c43. The second-order valence-electron chi connectivity index (χ2n) is 9.04. The van der Waals surface area contributed by atoms with E-state index in [0.717, 1.165) is 66.1 Å². The van der Waals surface area contributed by atoms with E-state index in [1.807, 2.05) is 31.2 Å². The van der Waals surface area contributed by atoms with Crippen LogP contribution in [0.25, 0.3) is 43.1 Å².